The zero-order valence-electron chi connectivity index (χ0n) is 11.8. The van der Waals surface area contributed by atoms with E-state index >= 15 is 0 Å². The van der Waals surface area contributed by atoms with Crippen LogP contribution in [0.5, 0.6) is 0 Å². The van der Waals surface area contributed by atoms with Crippen LogP contribution in [0.4, 0.5) is 0 Å². The first-order chi connectivity index (χ1) is 9.61. The first kappa shape index (κ1) is 16.2. The van der Waals surface area contributed by atoms with Crippen molar-refractivity contribution in [2.24, 2.45) is 10.9 Å². The van der Waals surface area contributed by atoms with Gasteiger partial charge in [-0.15, -0.1) is 0 Å². The van der Waals surface area contributed by atoms with Gasteiger partial charge < -0.3 is 25.0 Å². The van der Waals surface area contributed by atoms with Gasteiger partial charge in [-0.25, -0.2) is 0 Å². The predicted molar refractivity (Wildman–Crippen MR) is 75.3 cm³/mol. The maximum atomic E-state index is 12.2. The monoisotopic (exact) mass is 283 g/mol. The summed E-state index contributed by atoms with van der Waals surface area (Å²) < 4.78 is 11.9. The number of oxime groups is 1. The normalized spacial score (nSPS) is 11.8. The van der Waals surface area contributed by atoms with Crippen LogP contribution in [0, 0.1) is 6.92 Å². The van der Waals surface area contributed by atoms with Crippen molar-refractivity contribution in [2.45, 2.75) is 19.9 Å². The van der Waals surface area contributed by atoms with E-state index < -0.39 is 0 Å². The standard InChI is InChI=1S/C13H21N3O4/c1-10-4-5-11(12(14)15-18)13(17)16(10)6-9-20-8-3-7-19-2/h4-5,18H,3,6-9H2,1-2H3,(H2,14,15). The summed E-state index contributed by atoms with van der Waals surface area (Å²) in [5, 5.41) is 11.5. The number of hydrogen-bond acceptors (Lipinski definition) is 5. The molecule has 1 aromatic heterocycles. The van der Waals surface area contributed by atoms with Gasteiger partial charge in [-0.1, -0.05) is 5.16 Å². The average molecular weight is 283 g/mol. The van der Waals surface area contributed by atoms with Gasteiger partial charge >= 0.3 is 0 Å². The number of hydrogen-bond donors (Lipinski definition) is 2. The summed E-state index contributed by atoms with van der Waals surface area (Å²) in [4.78, 5) is 12.2. The smallest absolute Gasteiger partial charge is 0.261 e. The van der Waals surface area contributed by atoms with E-state index in [2.05, 4.69) is 5.16 Å². The maximum absolute atomic E-state index is 12.2. The summed E-state index contributed by atoms with van der Waals surface area (Å²) in [6, 6.07) is 3.29. The molecule has 0 aromatic carbocycles. The van der Waals surface area contributed by atoms with Crippen LogP contribution in [0.15, 0.2) is 22.1 Å². The number of aryl methyl sites for hydroxylation is 1. The van der Waals surface area contributed by atoms with Crippen LogP contribution in [0.2, 0.25) is 0 Å². The Bertz CT molecular complexity index is 511. The summed E-state index contributed by atoms with van der Waals surface area (Å²) in [7, 11) is 1.64. The molecule has 7 heteroatoms. The fourth-order valence-electron chi connectivity index (χ4n) is 1.76. The molecule has 0 saturated heterocycles. The Balaban J connectivity index is 2.68. The number of methoxy groups -OCH3 is 1. The molecule has 3 N–H and O–H groups in total. The molecule has 0 fully saturated rings. The topological polar surface area (TPSA) is 99.1 Å². The van der Waals surface area contributed by atoms with Crippen molar-refractivity contribution < 1.29 is 14.7 Å². The molecule has 0 aliphatic carbocycles. The predicted octanol–water partition coefficient (Wildman–Crippen LogP) is 0.304. The van der Waals surface area contributed by atoms with Crippen molar-refractivity contribution in [3.63, 3.8) is 0 Å². The first-order valence-electron chi connectivity index (χ1n) is 6.36. The maximum Gasteiger partial charge on any atom is 0.261 e. The summed E-state index contributed by atoms with van der Waals surface area (Å²) >= 11 is 0. The molecule has 0 radical (unpaired) electrons. The molecule has 1 rings (SSSR count). The van der Waals surface area contributed by atoms with E-state index in [0.29, 0.717) is 26.4 Å². The van der Waals surface area contributed by atoms with E-state index in [0.717, 1.165) is 12.1 Å². The van der Waals surface area contributed by atoms with Gasteiger partial charge in [-0.3, -0.25) is 4.79 Å². The number of pyridine rings is 1. The van der Waals surface area contributed by atoms with Crippen LogP contribution in [-0.4, -0.2) is 42.5 Å². The highest BCUT2D eigenvalue weighted by Gasteiger charge is 2.09. The molecule has 7 nitrogen and oxygen atoms in total. The van der Waals surface area contributed by atoms with Crippen molar-refractivity contribution in [1.29, 1.82) is 0 Å². The van der Waals surface area contributed by atoms with E-state index in [1.807, 2.05) is 6.92 Å². The summed E-state index contributed by atoms with van der Waals surface area (Å²) in [6.07, 6.45) is 0.814. The fourth-order valence-corrected chi connectivity index (χ4v) is 1.76. The molecule has 1 aromatic rings. The van der Waals surface area contributed by atoms with Crippen LogP contribution < -0.4 is 11.3 Å². The Morgan fingerprint density at radius 3 is 2.80 bits per heavy atom. The third-order valence-electron chi connectivity index (χ3n) is 2.87. The summed E-state index contributed by atoms with van der Waals surface area (Å²) in [6.45, 7) is 3.90. The Labute approximate surface area is 117 Å². The molecule has 0 aliphatic rings. The molecule has 0 spiro atoms. The van der Waals surface area contributed by atoms with Gasteiger partial charge in [-0.05, 0) is 25.5 Å². The van der Waals surface area contributed by atoms with Crippen LogP contribution in [0.25, 0.3) is 0 Å². The van der Waals surface area contributed by atoms with Crippen molar-refractivity contribution >= 4 is 5.84 Å². The number of ether oxygens (including phenoxy) is 2. The lowest BCUT2D eigenvalue weighted by molar-refractivity contribution is 0.0969. The lowest BCUT2D eigenvalue weighted by Crippen LogP contribution is -2.32. The molecule has 0 amide bonds. The quantitative estimate of drug-likeness (QED) is 0.235. The second-order valence-corrected chi connectivity index (χ2v) is 4.29. The third-order valence-corrected chi connectivity index (χ3v) is 2.87. The molecule has 0 aliphatic heterocycles. The summed E-state index contributed by atoms with van der Waals surface area (Å²) in [5.41, 5.74) is 6.15. The number of aromatic nitrogens is 1. The van der Waals surface area contributed by atoms with Gasteiger partial charge in [0.25, 0.3) is 5.56 Å². The van der Waals surface area contributed by atoms with E-state index in [9.17, 15) is 4.79 Å². The van der Waals surface area contributed by atoms with Crippen LogP contribution in [-0.2, 0) is 16.0 Å². The van der Waals surface area contributed by atoms with E-state index in [-0.39, 0.29) is 17.0 Å². The molecule has 1 heterocycles. The highest BCUT2D eigenvalue weighted by Crippen LogP contribution is 1.99. The van der Waals surface area contributed by atoms with E-state index in [4.69, 9.17) is 20.4 Å². The zero-order chi connectivity index (χ0) is 15.0. The van der Waals surface area contributed by atoms with Gasteiger partial charge in [-0.2, -0.15) is 0 Å². The number of nitrogens with zero attached hydrogens (tertiary/aromatic N) is 2. The van der Waals surface area contributed by atoms with Gasteiger partial charge in [0.05, 0.1) is 12.2 Å². The van der Waals surface area contributed by atoms with Crippen LogP contribution in [0.3, 0.4) is 0 Å². The second kappa shape index (κ2) is 8.34. The van der Waals surface area contributed by atoms with E-state index in [1.54, 1.807) is 23.8 Å². The largest absolute Gasteiger partial charge is 0.409 e. The fraction of sp³-hybridized carbons (Fsp3) is 0.538. The number of rotatable bonds is 8. The van der Waals surface area contributed by atoms with Gasteiger partial charge in [0.2, 0.25) is 0 Å². The first-order valence-corrected chi connectivity index (χ1v) is 6.36. The van der Waals surface area contributed by atoms with E-state index in [1.165, 1.54) is 0 Å². The lowest BCUT2D eigenvalue weighted by Gasteiger charge is -2.11. The van der Waals surface area contributed by atoms with Gasteiger partial charge in [0.15, 0.2) is 5.84 Å². The third kappa shape index (κ3) is 4.36. The van der Waals surface area contributed by atoms with Crippen LogP contribution in [0.1, 0.15) is 17.7 Å². The SMILES string of the molecule is COCCCOCCn1c(C)ccc(/C(N)=N/O)c1=O. The number of amidine groups is 1. The Kier molecular flexibility index (Phi) is 6.75. The molecular formula is C13H21N3O4. The minimum Gasteiger partial charge on any atom is -0.409 e. The van der Waals surface area contributed by atoms with Crippen LogP contribution >= 0.6 is 0 Å². The molecular weight excluding hydrogens is 262 g/mol. The molecule has 112 valence electrons. The molecule has 0 saturated carbocycles. The Morgan fingerprint density at radius 2 is 2.15 bits per heavy atom. The lowest BCUT2D eigenvalue weighted by atomic mass is 10.2. The Morgan fingerprint density at radius 1 is 1.40 bits per heavy atom. The molecule has 0 atom stereocenters. The molecule has 0 bridgehead atoms. The minimum atomic E-state index is -0.291. The van der Waals surface area contributed by atoms with Gasteiger partial charge in [0.1, 0.15) is 0 Å². The number of nitrogens with two attached hydrogens (primary N) is 1. The van der Waals surface area contributed by atoms with Crippen molar-refractivity contribution in [1.82, 2.24) is 4.57 Å². The highest BCUT2D eigenvalue weighted by molar-refractivity contribution is 5.96. The summed E-state index contributed by atoms with van der Waals surface area (Å²) in [5.74, 6) is -0.190. The van der Waals surface area contributed by atoms with Crippen molar-refractivity contribution in [3.8, 4) is 0 Å². The minimum absolute atomic E-state index is 0.178. The average Bonchev–Trinajstić information content (AvgIpc) is 2.45. The van der Waals surface area contributed by atoms with Crippen molar-refractivity contribution in [3.05, 3.63) is 33.7 Å². The van der Waals surface area contributed by atoms with Gasteiger partial charge in [0, 0.05) is 32.6 Å². The zero-order valence-corrected chi connectivity index (χ0v) is 11.8. The second-order valence-electron chi connectivity index (χ2n) is 4.29. The Hall–Kier alpha value is -1.86. The van der Waals surface area contributed by atoms with Crippen molar-refractivity contribution in [2.75, 3.05) is 26.9 Å². The highest BCUT2D eigenvalue weighted by atomic mass is 16.5. The molecule has 20 heavy (non-hydrogen) atoms. The molecule has 0 unspecified atom stereocenters.